The topological polar surface area (TPSA) is 237 Å². The number of nitrogens with zero attached hydrogens (tertiary/aromatic N) is 4. The lowest BCUT2D eigenvalue weighted by Crippen LogP contribution is -2.19. The molecular formula is C39H40ClF3N8O9S2. The summed E-state index contributed by atoms with van der Waals surface area (Å²) in [6.07, 6.45) is 3.57. The van der Waals surface area contributed by atoms with Crippen molar-refractivity contribution in [2.24, 2.45) is 0 Å². The van der Waals surface area contributed by atoms with Gasteiger partial charge in [0.05, 0.1) is 70.1 Å². The summed E-state index contributed by atoms with van der Waals surface area (Å²) in [7, 11) is -6.02. The van der Waals surface area contributed by atoms with E-state index in [-0.39, 0.29) is 46.7 Å². The van der Waals surface area contributed by atoms with Gasteiger partial charge >= 0.3 is 0 Å². The Labute approximate surface area is 358 Å². The third-order valence-corrected chi connectivity index (χ3v) is 12.5. The summed E-state index contributed by atoms with van der Waals surface area (Å²) >= 11 is 6.17. The summed E-state index contributed by atoms with van der Waals surface area (Å²) in [5.74, 6) is -4.41. The second kappa shape index (κ2) is 19.5. The van der Waals surface area contributed by atoms with E-state index in [4.69, 9.17) is 25.8 Å². The molecule has 1 atom stereocenters. The summed E-state index contributed by atoms with van der Waals surface area (Å²) < 4.78 is 112. The van der Waals surface area contributed by atoms with E-state index < -0.39 is 60.3 Å². The molecule has 0 amide bonds. The maximum Gasteiger partial charge on any atom is 0.242 e. The van der Waals surface area contributed by atoms with Crippen molar-refractivity contribution in [2.75, 3.05) is 41.3 Å². The Morgan fingerprint density at radius 3 is 1.87 bits per heavy atom. The number of hydrogen-bond donors (Lipinski definition) is 4. The van der Waals surface area contributed by atoms with E-state index in [1.165, 1.54) is 25.6 Å². The highest BCUT2D eigenvalue weighted by Gasteiger charge is 2.26. The maximum absolute atomic E-state index is 14.9. The largest absolute Gasteiger partial charge is 0.479 e. The normalized spacial score (nSPS) is 14.1. The van der Waals surface area contributed by atoms with Gasteiger partial charge in [0, 0.05) is 31.7 Å². The number of ketones is 2. The number of aromatic nitrogens is 6. The minimum atomic E-state index is -3.82. The fourth-order valence-corrected chi connectivity index (χ4v) is 8.99. The van der Waals surface area contributed by atoms with Gasteiger partial charge in [0.25, 0.3) is 0 Å². The van der Waals surface area contributed by atoms with Crippen LogP contribution >= 0.6 is 11.6 Å². The number of nitrogens with one attached hydrogen (secondary N) is 4. The highest BCUT2D eigenvalue weighted by atomic mass is 35.5. The van der Waals surface area contributed by atoms with Crippen LogP contribution in [0.5, 0.6) is 11.8 Å². The van der Waals surface area contributed by atoms with Gasteiger partial charge in [-0.25, -0.2) is 40.0 Å². The number of rotatable bonds is 17. The number of benzene rings is 2. The van der Waals surface area contributed by atoms with E-state index in [0.29, 0.717) is 71.0 Å². The van der Waals surface area contributed by atoms with Gasteiger partial charge in [-0.05, 0) is 60.4 Å². The molecule has 1 saturated heterocycles. The first kappa shape index (κ1) is 45.7. The van der Waals surface area contributed by atoms with E-state index in [1.54, 1.807) is 26.0 Å². The van der Waals surface area contributed by atoms with Gasteiger partial charge in [0.15, 0.2) is 28.7 Å². The van der Waals surface area contributed by atoms with Gasteiger partial charge in [0.1, 0.15) is 17.7 Å². The third-order valence-electron chi connectivity index (χ3n) is 9.18. The molecule has 0 radical (unpaired) electrons. The number of aromatic amines is 2. The number of Topliss-reactive ketones (excluding diaryl/α,β-unsaturated/α-hetero) is 2. The molecule has 1 aliphatic heterocycles. The molecule has 1 fully saturated rings. The van der Waals surface area contributed by atoms with Crippen LogP contribution in [0.15, 0.2) is 48.8 Å². The lowest BCUT2D eigenvalue weighted by molar-refractivity contribution is 0.0978. The summed E-state index contributed by atoms with van der Waals surface area (Å²) in [5.41, 5.74) is 0.0634. The molecule has 0 spiro atoms. The third kappa shape index (κ3) is 10.8. The standard InChI is InChI=1S/C21H22F2N4O5S.C18H18ClFN4O4S/c1-2-7-33(29,30)27-16-4-3-15(22)18(19(16)23)17(28)9-12-8-14-20(24-10-12)25-26-21(14)32-13-5-6-31-11-13;1-3-6-29(26,27)24-13-5-4-12(20)15(16(13)19)14(25)8-10-7-11-17(21-9-10)22-23-18(11)28-2/h3-4,8,10,13,27H,2,5-7,9,11H2,1H3,(H,24,25,26);4-5,7,9,24H,3,6,8H2,1-2H3,(H,21,22,23). The van der Waals surface area contributed by atoms with E-state index in [0.717, 1.165) is 24.6 Å². The predicted octanol–water partition coefficient (Wildman–Crippen LogP) is 6.32. The number of H-pyrrole nitrogens is 2. The number of fused-ring (bicyclic) bond motifs is 2. The van der Waals surface area contributed by atoms with Crippen molar-refractivity contribution in [1.82, 2.24) is 30.4 Å². The summed E-state index contributed by atoms with van der Waals surface area (Å²) in [4.78, 5) is 33.9. The number of halogens is 4. The average Bonchev–Trinajstić information content (AvgIpc) is 3.98. The molecule has 1 aliphatic rings. The molecular weight excluding hydrogens is 881 g/mol. The molecule has 4 N–H and O–H groups in total. The zero-order valence-corrected chi connectivity index (χ0v) is 35.7. The Hall–Kier alpha value is -5.84. The smallest absolute Gasteiger partial charge is 0.242 e. The first-order chi connectivity index (χ1) is 29.5. The molecule has 0 aliphatic carbocycles. The number of carbonyl (C=O) groups excluding carboxylic acids is 2. The van der Waals surface area contributed by atoms with Crippen LogP contribution in [0, 0.1) is 17.5 Å². The first-order valence-corrected chi connectivity index (χ1v) is 22.7. The molecule has 0 saturated carbocycles. The Morgan fingerprint density at radius 2 is 1.32 bits per heavy atom. The van der Waals surface area contributed by atoms with Gasteiger partial charge in [-0.2, -0.15) is 0 Å². The van der Waals surface area contributed by atoms with Crippen molar-refractivity contribution in [3.63, 3.8) is 0 Å². The molecule has 23 heteroatoms. The molecule has 4 aromatic heterocycles. The van der Waals surface area contributed by atoms with Crippen molar-refractivity contribution >= 4 is 76.7 Å². The van der Waals surface area contributed by atoms with Gasteiger partial charge < -0.3 is 14.2 Å². The quantitative estimate of drug-likeness (QED) is 0.0734. The first-order valence-electron chi connectivity index (χ1n) is 19.0. The number of ether oxygens (including phenoxy) is 3. The summed E-state index contributed by atoms with van der Waals surface area (Å²) in [5, 5.41) is 14.3. The van der Waals surface area contributed by atoms with E-state index >= 15 is 0 Å². The molecule has 1 unspecified atom stereocenters. The average molecular weight is 921 g/mol. The van der Waals surface area contributed by atoms with Crippen molar-refractivity contribution in [1.29, 1.82) is 0 Å². The Kier molecular flexibility index (Phi) is 14.3. The lowest BCUT2D eigenvalue weighted by atomic mass is 10.0. The molecule has 62 heavy (non-hydrogen) atoms. The number of sulfonamides is 2. The highest BCUT2D eigenvalue weighted by molar-refractivity contribution is 7.92. The van der Waals surface area contributed by atoms with Crippen LogP contribution in [0.2, 0.25) is 5.02 Å². The Morgan fingerprint density at radius 1 is 0.806 bits per heavy atom. The van der Waals surface area contributed by atoms with E-state index in [1.807, 2.05) is 0 Å². The van der Waals surface area contributed by atoms with Crippen LogP contribution in [0.25, 0.3) is 22.1 Å². The highest BCUT2D eigenvalue weighted by Crippen LogP contribution is 2.32. The number of pyridine rings is 2. The van der Waals surface area contributed by atoms with Crippen molar-refractivity contribution in [3.8, 4) is 11.8 Å². The van der Waals surface area contributed by atoms with Gasteiger partial charge in [-0.3, -0.25) is 29.2 Å². The molecule has 17 nitrogen and oxygen atoms in total. The van der Waals surface area contributed by atoms with Gasteiger partial charge in [-0.1, -0.05) is 25.4 Å². The minimum absolute atomic E-state index is 0.0463. The monoisotopic (exact) mass is 920 g/mol. The lowest BCUT2D eigenvalue weighted by Gasteiger charge is -2.12. The molecule has 330 valence electrons. The van der Waals surface area contributed by atoms with Crippen LogP contribution in [-0.2, 0) is 37.6 Å². The Bertz CT molecular complexity index is 2860. The fraction of sp³-hybridized carbons (Fsp3) is 0.333. The number of methoxy groups -OCH3 is 1. The van der Waals surface area contributed by atoms with Crippen LogP contribution in [0.3, 0.4) is 0 Å². The molecule has 5 heterocycles. The van der Waals surface area contributed by atoms with Gasteiger partial charge in [-0.15, -0.1) is 10.2 Å². The maximum atomic E-state index is 14.9. The van der Waals surface area contributed by atoms with Crippen LogP contribution in [-0.4, -0.2) is 96.7 Å². The molecule has 7 rings (SSSR count). The number of hydrogen-bond acceptors (Lipinski definition) is 13. The zero-order valence-electron chi connectivity index (χ0n) is 33.4. The molecule has 6 aromatic rings. The summed E-state index contributed by atoms with van der Waals surface area (Å²) in [6.45, 7) is 4.39. The Balaban J connectivity index is 0.000000209. The summed E-state index contributed by atoms with van der Waals surface area (Å²) in [6, 6.07) is 7.26. The predicted molar refractivity (Wildman–Crippen MR) is 223 cm³/mol. The molecule has 0 bridgehead atoms. The zero-order chi connectivity index (χ0) is 44.8. The fourth-order valence-electron chi connectivity index (χ4n) is 6.35. The second-order valence-corrected chi connectivity index (χ2v) is 18.0. The van der Waals surface area contributed by atoms with Gasteiger partial charge in [0.2, 0.25) is 31.8 Å². The second-order valence-electron chi connectivity index (χ2n) is 14.0. The SMILES string of the molecule is CCCS(=O)(=O)Nc1ccc(F)c(C(=O)Cc2cnc3[nH]nc(OC)c3c2)c1Cl.CCCS(=O)(=O)Nc1ccc(F)c(C(=O)Cc2cnc3[nH]nc(OC4CCOC4)c3c2)c1F. The van der Waals surface area contributed by atoms with Crippen LogP contribution in [0.1, 0.15) is 65.0 Å². The van der Waals surface area contributed by atoms with E-state index in [2.05, 4.69) is 39.8 Å². The minimum Gasteiger partial charge on any atom is -0.479 e. The van der Waals surface area contributed by atoms with Crippen molar-refractivity contribution in [2.45, 2.75) is 52.1 Å². The van der Waals surface area contributed by atoms with E-state index in [9.17, 15) is 39.6 Å². The number of carbonyl (C=O) groups is 2. The number of anilines is 2. The molecule has 2 aromatic carbocycles. The van der Waals surface area contributed by atoms with Crippen molar-refractivity contribution < 1.29 is 53.8 Å². The van der Waals surface area contributed by atoms with Crippen LogP contribution < -0.4 is 18.9 Å². The van der Waals surface area contributed by atoms with Crippen molar-refractivity contribution in [3.05, 3.63) is 93.5 Å². The van der Waals surface area contributed by atoms with Crippen LogP contribution in [0.4, 0.5) is 24.5 Å².